The third kappa shape index (κ3) is 6.92. The lowest BCUT2D eigenvalue weighted by molar-refractivity contribution is -0.133. The van der Waals surface area contributed by atoms with E-state index in [0.29, 0.717) is 18.4 Å². The number of halogens is 2. The van der Waals surface area contributed by atoms with Gasteiger partial charge in [-0.2, -0.15) is 0 Å². The normalized spacial score (nSPS) is 15.0. The average Bonchev–Trinajstić information content (AvgIpc) is 2.55. The van der Waals surface area contributed by atoms with Crippen LogP contribution in [0, 0.1) is 0 Å². The highest BCUT2D eigenvalue weighted by Gasteiger charge is 2.24. The molecule has 0 unspecified atom stereocenters. The van der Waals surface area contributed by atoms with Gasteiger partial charge in [-0.15, -0.1) is 24.2 Å². The number of rotatable bonds is 7. The van der Waals surface area contributed by atoms with Crippen molar-refractivity contribution in [3.8, 4) is 0 Å². The minimum Gasteiger partial charge on any atom is -0.340 e. The van der Waals surface area contributed by atoms with E-state index in [1.165, 1.54) is 4.90 Å². The summed E-state index contributed by atoms with van der Waals surface area (Å²) in [6, 6.07) is 8.23. The topological polar surface area (TPSA) is 32.3 Å². The molecular weight excluding hydrogens is 351 g/mol. The maximum atomic E-state index is 12.5. The Hall–Kier alpha value is -0.420. The van der Waals surface area contributed by atoms with Crippen LogP contribution in [-0.2, 0) is 4.79 Å². The van der Waals surface area contributed by atoms with Gasteiger partial charge in [0.2, 0.25) is 5.91 Å². The maximum Gasteiger partial charge on any atom is 0.223 e. The van der Waals surface area contributed by atoms with Crippen LogP contribution >= 0.6 is 35.8 Å². The predicted octanol–water partition coefficient (Wildman–Crippen LogP) is 4.23. The van der Waals surface area contributed by atoms with Crippen LogP contribution < -0.4 is 5.32 Å². The van der Waals surface area contributed by atoms with Crippen LogP contribution in [0.1, 0.15) is 32.6 Å². The van der Waals surface area contributed by atoms with Gasteiger partial charge in [-0.3, -0.25) is 4.79 Å². The molecule has 0 bridgehead atoms. The number of amides is 1. The van der Waals surface area contributed by atoms with Gasteiger partial charge < -0.3 is 10.2 Å². The van der Waals surface area contributed by atoms with E-state index in [9.17, 15) is 4.79 Å². The van der Waals surface area contributed by atoms with Crippen molar-refractivity contribution in [2.45, 2.75) is 43.5 Å². The minimum atomic E-state index is 0. The largest absolute Gasteiger partial charge is 0.340 e. The van der Waals surface area contributed by atoms with Crippen molar-refractivity contribution in [1.29, 1.82) is 0 Å². The molecule has 1 fully saturated rings. The van der Waals surface area contributed by atoms with Gasteiger partial charge in [-0.25, -0.2) is 0 Å². The molecule has 1 heterocycles. The molecular formula is C17H26Cl2N2OS. The van der Waals surface area contributed by atoms with Gasteiger partial charge in [0, 0.05) is 34.7 Å². The first-order valence-corrected chi connectivity index (χ1v) is 9.45. The summed E-state index contributed by atoms with van der Waals surface area (Å²) in [6.07, 6.45) is 3.79. The smallest absolute Gasteiger partial charge is 0.223 e. The van der Waals surface area contributed by atoms with E-state index in [4.69, 9.17) is 11.6 Å². The fourth-order valence-electron chi connectivity index (χ4n) is 2.80. The number of carbonyl (C=O) groups is 1. The summed E-state index contributed by atoms with van der Waals surface area (Å²) in [6.45, 7) is 5.08. The molecule has 0 spiro atoms. The van der Waals surface area contributed by atoms with Gasteiger partial charge in [0.1, 0.15) is 0 Å². The van der Waals surface area contributed by atoms with Crippen molar-refractivity contribution >= 4 is 41.7 Å². The average molecular weight is 377 g/mol. The zero-order valence-electron chi connectivity index (χ0n) is 13.6. The summed E-state index contributed by atoms with van der Waals surface area (Å²) in [5.74, 6) is 1.13. The first kappa shape index (κ1) is 20.6. The van der Waals surface area contributed by atoms with Crippen molar-refractivity contribution in [2.24, 2.45) is 0 Å². The molecule has 1 aromatic carbocycles. The molecule has 1 N–H and O–H groups in total. The lowest BCUT2D eigenvalue weighted by Gasteiger charge is -2.34. The van der Waals surface area contributed by atoms with E-state index < -0.39 is 0 Å². The van der Waals surface area contributed by atoms with Crippen molar-refractivity contribution in [3.63, 3.8) is 0 Å². The molecule has 1 aliphatic rings. The number of benzene rings is 1. The molecule has 130 valence electrons. The summed E-state index contributed by atoms with van der Waals surface area (Å²) < 4.78 is 0. The van der Waals surface area contributed by atoms with Gasteiger partial charge >= 0.3 is 0 Å². The summed E-state index contributed by atoms with van der Waals surface area (Å²) >= 11 is 7.60. The van der Waals surface area contributed by atoms with E-state index in [2.05, 4.69) is 17.1 Å². The third-order valence-corrected chi connectivity index (χ3v) is 5.20. The molecule has 0 atom stereocenters. The SMILES string of the molecule is CCCN(C(=O)CCSc1ccc(Cl)cc1)C1CCNCC1.Cl. The number of carbonyl (C=O) groups excluding carboxylic acids is 1. The first-order chi connectivity index (χ1) is 10.7. The van der Waals surface area contributed by atoms with E-state index in [0.717, 1.165) is 49.7 Å². The fourth-order valence-corrected chi connectivity index (χ4v) is 3.77. The second kappa shape index (κ2) is 11.2. The summed E-state index contributed by atoms with van der Waals surface area (Å²) in [5, 5.41) is 4.12. The molecule has 1 aliphatic heterocycles. The fraction of sp³-hybridized carbons (Fsp3) is 0.588. The third-order valence-electron chi connectivity index (χ3n) is 3.93. The quantitative estimate of drug-likeness (QED) is 0.722. The molecule has 1 aromatic rings. The number of piperidine rings is 1. The van der Waals surface area contributed by atoms with Gasteiger partial charge in [0.05, 0.1) is 0 Å². The Kier molecular flexibility index (Phi) is 10.0. The van der Waals surface area contributed by atoms with Crippen LogP contribution in [-0.4, -0.2) is 42.2 Å². The van der Waals surface area contributed by atoms with E-state index in [-0.39, 0.29) is 12.4 Å². The van der Waals surface area contributed by atoms with Crippen molar-refractivity contribution in [3.05, 3.63) is 29.3 Å². The number of nitrogens with one attached hydrogen (secondary N) is 1. The van der Waals surface area contributed by atoms with E-state index >= 15 is 0 Å². The highest BCUT2D eigenvalue weighted by Crippen LogP contribution is 2.22. The van der Waals surface area contributed by atoms with Gasteiger partial charge in [-0.05, 0) is 56.6 Å². The molecule has 0 saturated carbocycles. The van der Waals surface area contributed by atoms with Gasteiger partial charge in [-0.1, -0.05) is 18.5 Å². The Morgan fingerprint density at radius 3 is 2.57 bits per heavy atom. The van der Waals surface area contributed by atoms with Gasteiger partial charge in [0.15, 0.2) is 0 Å². The molecule has 6 heteroatoms. The lowest BCUT2D eigenvalue weighted by atomic mass is 10.0. The monoisotopic (exact) mass is 376 g/mol. The summed E-state index contributed by atoms with van der Waals surface area (Å²) in [7, 11) is 0. The number of thioether (sulfide) groups is 1. The highest BCUT2D eigenvalue weighted by molar-refractivity contribution is 7.99. The van der Waals surface area contributed by atoms with Crippen LogP contribution in [0.3, 0.4) is 0 Å². The number of hydrogen-bond acceptors (Lipinski definition) is 3. The second-order valence-electron chi connectivity index (χ2n) is 5.62. The van der Waals surface area contributed by atoms with Crippen molar-refractivity contribution < 1.29 is 4.79 Å². The first-order valence-electron chi connectivity index (χ1n) is 8.09. The molecule has 23 heavy (non-hydrogen) atoms. The van der Waals surface area contributed by atoms with E-state index in [1.54, 1.807) is 11.8 Å². The molecule has 0 radical (unpaired) electrons. The molecule has 1 amide bonds. The minimum absolute atomic E-state index is 0. The van der Waals surface area contributed by atoms with E-state index in [1.807, 2.05) is 24.3 Å². The lowest BCUT2D eigenvalue weighted by Crippen LogP contribution is -2.46. The zero-order valence-corrected chi connectivity index (χ0v) is 16.0. The van der Waals surface area contributed by atoms with Crippen LogP contribution in [0.5, 0.6) is 0 Å². The standard InChI is InChI=1S/C17H25ClN2OS.ClH/c1-2-12-20(15-7-10-19-11-8-15)17(21)9-13-22-16-5-3-14(18)4-6-16;/h3-6,15,19H,2,7-13H2,1H3;1H. The summed E-state index contributed by atoms with van der Waals surface area (Å²) in [4.78, 5) is 15.8. The van der Waals surface area contributed by atoms with Crippen molar-refractivity contribution in [1.82, 2.24) is 10.2 Å². The van der Waals surface area contributed by atoms with Crippen molar-refractivity contribution in [2.75, 3.05) is 25.4 Å². The second-order valence-corrected chi connectivity index (χ2v) is 7.23. The molecule has 1 saturated heterocycles. The Morgan fingerprint density at radius 1 is 1.30 bits per heavy atom. The Morgan fingerprint density at radius 2 is 1.96 bits per heavy atom. The van der Waals surface area contributed by atoms with Crippen LogP contribution in [0.15, 0.2) is 29.2 Å². The molecule has 3 nitrogen and oxygen atoms in total. The number of hydrogen-bond donors (Lipinski definition) is 1. The zero-order chi connectivity index (χ0) is 15.8. The van der Waals surface area contributed by atoms with Crippen LogP contribution in [0.4, 0.5) is 0 Å². The summed E-state index contributed by atoms with van der Waals surface area (Å²) in [5.41, 5.74) is 0. The Labute approximate surface area is 154 Å². The molecule has 2 rings (SSSR count). The highest BCUT2D eigenvalue weighted by atomic mass is 35.5. The molecule has 0 aromatic heterocycles. The molecule has 0 aliphatic carbocycles. The van der Waals surface area contributed by atoms with Crippen LogP contribution in [0.2, 0.25) is 5.02 Å². The number of nitrogens with zero attached hydrogens (tertiary/aromatic N) is 1. The van der Waals surface area contributed by atoms with Gasteiger partial charge in [0.25, 0.3) is 0 Å². The predicted molar refractivity (Wildman–Crippen MR) is 102 cm³/mol. The van der Waals surface area contributed by atoms with Crippen LogP contribution in [0.25, 0.3) is 0 Å². The Balaban J connectivity index is 0.00000264. The Bertz CT molecular complexity index is 464. The maximum absolute atomic E-state index is 12.5.